The highest BCUT2D eigenvalue weighted by Crippen LogP contribution is 1.99. The van der Waals surface area contributed by atoms with Crippen LogP contribution in [0.5, 0.6) is 0 Å². The van der Waals surface area contributed by atoms with Gasteiger partial charge in [-0.1, -0.05) is 12.2 Å². The largest absolute Gasteiger partial charge is 0.477 e. The van der Waals surface area contributed by atoms with E-state index in [-0.39, 0.29) is 5.69 Å². The molecule has 1 aromatic heterocycles. The van der Waals surface area contributed by atoms with Crippen LogP contribution in [0.15, 0.2) is 6.07 Å². The Morgan fingerprint density at radius 1 is 1.91 bits per heavy atom. The molecule has 0 aromatic carbocycles. The second-order valence-electron chi connectivity index (χ2n) is 2.06. The van der Waals surface area contributed by atoms with Crippen LogP contribution >= 0.6 is 12.2 Å². The number of nitrogens with zero attached hydrogens (tertiary/aromatic N) is 1. The van der Waals surface area contributed by atoms with Gasteiger partial charge in [-0.2, -0.15) is 0 Å². The Bertz CT molecular complexity index is 326. The monoisotopic (exact) mass is 172 g/mol. The molecule has 1 aromatic rings. The van der Waals surface area contributed by atoms with Gasteiger partial charge in [-0.25, -0.2) is 4.79 Å². The molecule has 1 rings (SSSR count). The minimum atomic E-state index is -0.959. The van der Waals surface area contributed by atoms with Crippen molar-refractivity contribution in [3.63, 3.8) is 0 Å². The molecule has 0 atom stereocenters. The summed E-state index contributed by atoms with van der Waals surface area (Å²) in [5.74, 6) is -0.959. The number of H-pyrrole nitrogens is 1. The normalized spacial score (nSPS) is 9.91. The predicted octanol–water partition coefficient (Wildman–Crippen LogP) is 1.26. The van der Waals surface area contributed by atoms with Gasteiger partial charge in [0.15, 0.2) is 0 Å². The van der Waals surface area contributed by atoms with Gasteiger partial charge in [-0.15, -0.1) is 0 Å². The first kappa shape index (κ1) is 8.00. The lowest BCUT2D eigenvalue weighted by Gasteiger charge is -1.98. The number of carbonyl (C=O) groups is 1. The molecule has 0 saturated heterocycles. The third-order valence-corrected chi connectivity index (χ3v) is 1.55. The van der Waals surface area contributed by atoms with Crippen LogP contribution in [-0.2, 0) is 6.54 Å². The molecule has 0 saturated carbocycles. The standard InChI is InChI=1S/C6H8N2O2S/c1-2-8-4(6(9)10)3-5(11)7-8/h3H,2H2,1H3,(H,7,11)(H,9,10). The summed E-state index contributed by atoms with van der Waals surface area (Å²) in [5, 5.41) is 11.3. The SMILES string of the molecule is CCn1[nH]c(=S)cc1C(=O)O. The fraction of sp³-hybridized carbons (Fsp3) is 0.333. The molecule has 0 aliphatic heterocycles. The fourth-order valence-corrected chi connectivity index (χ4v) is 1.08. The molecule has 0 radical (unpaired) electrons. The molecule has 5 heteroatoms. The van der Waals surface area contributed by atoms with E-state index in [4.69, 9.17) is 17.3 Å². The Hall–Kier alpha value is -1.10. The van der Waals surface area contributed by atoms with Crippen molar-refractivity contribution in [2.75, 3.05) is 0 Å². The third kappa shape index (κ3) is 1.48. The third-order valence-electron chi connectivity index (χ3n) is 1.34. The van der Waals surface area contributed by atoms with Crippen molar-refractivity contribution in [3.05, 3.63) is 16.4 Å². The zero-order valence-electron chi connectivity index (χ0n) is 6.00. The van der Waals surface area contributed by atoms with Crippen LogP contribution in [0.2, 0.25) is 0 Å². The molecule has 0 aliphatic rings. The number of aromatic carboxylic acids is 1. The van der Waals surface area contributed by atoms with Crippen molar-refractivity contribution in [1.82, 2.24) is 9.78 Å². The van der Waals surface area contributed by atoms with Gasteiger partial charge in [-0.05, 0) is 6.92 Å². The van der Waals surface area contributed by atoms with Crippen molar-refractivity contribution >= 4 is 18.2 Å². The number of hydrogen-bond donors (Lipinski definition) is 2. The van der Waals surface area contributed by atoms with Crippen LogP contribution in [0.3, 0.4) is 0 Å². The second-order valence-corrected chi connectivity index (χ2v) is 2.49. The molecular formula is C6H8N2O2S. The van der Waals surface area contributed by atoms with Gasteiger partial charge in [0, 0.05) is 12.6 Å². The summed E-state index contributed by atoms with van der Waals surface area (Å²) in [5.41, 5.74) is 0.206. The first-order chi connectivity index (χ1) is 5.15. The van der Waals surface area contributed by atoms with E-state index in [1.807, 2.05) is 6.92 Å². The van der Waals surface area contributed by atoms with Crippen LogP contribution in [0, 0.1) is 4.64 Å². The van der Waals surface area contributed by atoms with E-state index in [0.717, 1.165) is 0 Å². The van der Waals surface area contributed by atoms with Gasteiger partial charge in [-0.3, -0.25) is 9.78 Å². The predicted molar refractivity (Wildman–Crippen MR) is 42.3 cm³/mol. The molecular weight excluding hydrogens is 164 g/mol. The van der Waals surface area contributed by atoms with E-state index in [9.17, 15) is 4.79 Å². The average molecular weight is 172 g/mol. The smallest absolute Gasteiger partial charge is 0.354 e. The Morgan fingerprint density at radius 2 is 2.55 bits per heavy atom. The summed E-state index contributed by atoms with van der Waals surface area (Å²) in [6.45, 7) is 2.43. The van der Waals surface area contributed by atoms with E-state index in [0.29, 0.717) is 11.2 Å². The highest BCUT2D eigenvalue weighted by Gasteiger charge is 2.07. The number of nitrogens with one attached hydrogen (secondary N) is 1. The molecule has 60 valence electrons. The molecule has 2 N–H and O–H groups in total. The summed E-state index contributed by atoms with van der Waals surface area (Å²) in [6.07, 6.45) is 0. The maximum Gasteiger partial charge on any atom is 0.354 e. The van der Waals surface area contributed by atoms with E-state index in [1.165, 1.54) is 10.7 Å². The van der Waals surface area contributed by atoms with Crippen LogP contribution in [0.4, 0.5) is 0 Å². The maximum atomic E-state index is 10.5. The lowest BCUT2D eigenvalue weighted by molar-refractivity contribution is 0.0683. The molecule has 0 aliphatic carbocycles. The maximum absolute atomic E-state index is 10.5. The van der Waals surface area contributed by atoms with Crippen molar-refractivity contribution in [2.45, 2.75) is 13.5 Å². The minimum absolute atomic E-state index is 0.206. The Labute approximate surface area is 68.4 Å². The average Bonchev–Trinajstić information content (AvgIpc) is 2.30. The molecule has 0 bridgehead atoms. The first-order valence-corrected chi connectivity index (χ1v) is 3.59. The van der Waals surface area contributed by atoms with Crippen molar-refractivity contribution in [2.24, 2.45) is 0 Å². The number of rotatable bonds is 2. The summed E-state index contributed by atoms with van der Waals surface area (Å²) >= 11 is 4.77. The van der Waals surface area contributed by atoms with Gasteiger partial charge in [0.05, 0.1) is 0 Å². The zero-order chi connectivity index (χ0) is 8.43. The van der Waals surface area contributed by atoms with Gasteiger partial charge in [0.2, 0.25) is 0 Å². The Kier molecular flexibility index (Phi) is 2.09. The van der Waals surface area contributed by atoms with Crippen LogP contribution in [-0.4, -0.2) is 20.9 Å². The first-order valence-electron chi connectivity index (χ1n) is 3.18. The van der Waals surface area contributed by atoms with E-state index < -0.39 is 5.97 Å². The molecule has 1 heterocycles. The summed E-state index contributed by atoms with van der Waals surface area (Å²) in [7, 11) is 0. The van der Waals surface area contributed by atoms with Gasteiger partial charge in [0.1, 0.15) is 10.3 Å². The lowest BCUT2D eigenvalue weighted by atomic mass is 10.4. The van der Waals surface area contributed by atoms with Gasteiger partial charge in [0.25, 0.3) is 0 Å². The van der Waals surface area contributed by atoms with Gasteiger partial charge < -0.3 is 5.11 Å². The highest BCUT2D eigenvalue weighted by molar-refractivity contribution is 7.71. The molecule has 11 heavy (non-hydrogen) atoms. The van der Waals surface area contributed by atoms with E-state index in [1.54, 1.807) is 0 Å². The quantitative estimate of drug-likeness (QED) is 0.660. The second kappa shape index (κ2) is 2.87. The Balaban J connectivity index is 3.23. The fourth-order valence-electron chi connectivity index (χ4n) is 0.854. The van der Waals surface area contributed by atoms with E-state index in [2.05, 4.69) is 5.10 Å². The van der Waals surface area contributed by atoms with Crippen molar-refractivity contribution < 1.29 is 9.90 Å². The summed E-state index contributed by atoms with van der Waals surface area (Å²) in [6, 6.07) is 1.43. The van der Waals surface area contributed by atoms with Crippen LogP contribution in [0.25, 0.3) is 0 Å². The van der Waals surface area contributed by atoms with Crippen LogP contribution < -0.4 is 0 Å². The molecule has 0 spiro atoms. The van der Waals surface area contributed by atoms with E-state index >= 15 is 0 Å². The van der Waals surface area contributed by atoms with Crippen LogP contribution in [0.1, 0.15) is 17.4 Å². The van der Waals surface area contributed by atoms with Gasteiger partial charge >= 0.3 is 5.97 Å². The van der Waals surface area contributed by atoms with Crippen molar-refractivity contribution in [1.29, 1.82) is 0 Å². The minimum Gasteiger partial charge on any atom is -0.477 e. The molecule has 0 amide bonds. The number of carboxylic acids is 1. The summed E-state index contributed by atoms with van der Waals surface area (Å²) < 4.78 is 1.94. The molecule has 0 unspecified atom stereocenters. The Morgan fingerprint density at radius 3 is 2.91 bits per heavy atom. The topological polar surface area (TPSA) is 58.0 Å². The van der Waals surface area contributed by atoms with Crippen molar-refractivity contribution in [3.8, 4) is 0 Å². The number of hydrogen-bond acceptors (Lipinski definition) is 2. The zero-order valence-corrected chi connectivity index (χ0v) is 6.81. The molecule has 0 fully saturated rings. The number of aromatic amines is 1. The number of carboxylic acid groups (broad SMARTS) is 1. The summed E-state index contributed by atoms with van der Waals surface area (Å²) in [4.78, 5) is 10.5. The lowest BCUT2D eigenvalue weighted by Crippen LogP contribution is -2.07. The highest BCUT2D eigenvalue weighted by atomic mass is 32.1. The number of aromatic nitrogens is 2. The molecule has 4 nitrogen and oxygen atoms in total. The number of aryl methyl sites for hydroxylation is 1.